The summed E-state index contributed by atoms with van der Waals surface area (Å²) in [4.78, 5) is 28.2. The molecule has 0 spiro atoms. The van der Waals surface area contributed by atoms with E-state index in [1.54, 1.807) is 18.5 Å². The van der Waals surface area contributed by atoms with Crippen LogP contribution >= 0.6 is 11.6 Å². The Morgan fingerprint density at radius 2 is 1.83 bits per heavy atom. The van der Waals surface area contributed by atoms with Gasteiger partial charge >= 0.3 is 0 Å². The van der Waals surface area contributed by atoms with Crippen LogP contribution in [0, 0.1) is 5.92 Å². The normalized spacial score (nSPS) is 20.2. The number of carbonyl (C=O) groups is 1. The molecule has 1 amide bonds. The molecule has 0 radical (unpaired) electrons. The summed E-state index contributed by atoms with van der Waals surface area (Å²) >= 11 is 6.05. The monoisotopic (exact) mass is 429 g/mol. The highest BCUT2D eigenvalue weighted by Gasteiger charge is 2.23. The number of aromatic nitrogens is 2. The van der Waals surface area contributed by atoms with Crippen molar-refractivity contribution in [2.45, 2.75) is 19.3 Å². The summed E-state index contributed by atoms with van der Waals surface area (Å²) in [6, 6.07) is 9.16. The Bertz CT molecular complexity index is 880. The van der Waals surface area contributed by atoms with Crippen molar-refractivity contribution in [2.24, 2.45) is 5.92 Å². The van der Waals surface area contributed by atoms with Crippen molar-refractivity contribution in [3.63, 3.8) is 0 Å². The Kier molecular flexibility index (Phi) is 6.69. The third-order valence-electron chi connectivity index (χ3n) is 5.92. The quantitative estimate of drug-likeness (QED) is 0.805. The summed E-state index contributed by atoms with van der Waals surface area (Å²) in [5.41, 5.74) is 0.629. The Balaban J connectivity index is 1.43. The topological polar surface area (TPSA) is 72.8 Å². The van der Waals surface area contributed by atoms with Crippen LogP contribution in [0.5, 0.6) is 0 Å². The van der Waals surface area contributed by atoms with Crippen molar-refractivity contribution in [3.8, 4) is 0 Å². The van der Waals surface area contributed by atoms with E-state index in [4.69, 9.17) is 11.6 Å². The molecule has 7 nitrogen and oxygen atoms in total. The van der Waals surface area contributed by atoms with E-state index in [2.05, 4.69) is 19.8 Å². The number of hydrogen-bond donors (Lipinski definition) is 1. The second-order valence-electron chi connectivity index (χ2n) is 8.01. The summed E-state index contributed by atoms with van der Waals surface area (Å²) in [6.45, 7) is 4.92. The first-order valence-corrected chi connectivity index (χ1v) is 11.0. The second-order valence-corrected chi connectivity index (χ2v) is 8.45. The zero-order chi connectivity index (χ0) is 20.9. The minimum atomic E-state index is 0.0195. The summed E-state index contributed by atoms with van der Waals surface area (Å²) < 4.78 is 0. The first-order chi connectivity index (χ1) is 14.6. The summed E-state index contributed by atoms with van der Waals surface area (Å²) in [6.07, 6.45) is 4.62. The maximum atomic E-state index is 12.9. The maximum Gasteiger partial charge on any atom is 0.253 e. The molecule has 1 N–H and O–H groups in total. The van der Waals surface area contributed by atoms with Crippen molar-refractivity contribution >= 4 is 29.1 Å². The highest BCUT2D eigenvalue weighted by Crippen LogP contribution is 2.24. The number of rotatable bonds is 4. The molecule has 3 heterocycles. The predicted octanol–water partition coefficient (Wildman–Crippen LogP) is 2.69. The first kappa shape index (κ1) is 20.9. The lowest BCUT2D eigenvalue weighted by Crippen LogP contribution is -2.38. The Hall–Kier alpha value is -2.38. The van der Waals surface area contributed by atoms with Crippen molar-refractivity contribution in [1.82, 2.24) is 14.9 Å². The van der Waals surface area contributed by atoms with Gasteiger partial charge in [-0.2, -0.15) is 0 Å². The Labute approximate surface area is 182 Å². The Morgan fingerprint density at radius 1 is 1.03 bits per heavy atom. The molecule has 1 aromatic heterocycles. The molecule has 0 aliphatic carbocycles. The molecule has 2 aliphatic rings. The van der Waals surface area contributed by atoms with Crippen LogP contribution in [0.3, 0.4) is 0 Å². The van der Waals surface area contributed by atoms with Gasteiger partial charge < -0.3 is 19.8 Å². The molecular formula is C22H28ClN5O2. The number of carbonyl (C=O) groups excluding carboxylic acids is 1. The van der Waals surface area contributed by atoms with Gasteiger partial charge in [0, 0.05) is 62.5 Å². The fraction of sp³-hybridized carbons (Fsp3) is 0.500. The molecule has 0 bridgehead atoms. The van der Waals surface area contributed by atoms with Gasteiger partial charge in [-0.1, -0.05) is 17.7 Å². The van der Waals surface area contributed by atoms with E-state index in [0.29, 0.717) is 29.6 Å². The van der Waals surface area contributed by atoms with Gasteiger partial charge in [-0.3, -0.25) is 4.79 Å². The third-order valence-corrected chi connectivity index (χ3v) is 6.15. The van der Waals surface area contributed by atoms with Crippen molar-refractivity contribution < 1.29 is 9.90 Å². The smallest absolute Gasteiger partial charge is 0.253 e. The van der Waals surface area contributed by atoms with E-state index in [1.165, 1.54) is 0 Å². The molecule has 160 valence electrons. The predicted molar refractivity (Wildman–Crippen MR) is 118 cm³/mol. The number of halogens is 1. The van der Waals surface area contributed by atoms with Crippen LogP contribution in [-0.4, -0.2) is 71.8 Å². The lowest BCUT2D eigenvalue weighted by Gasteiger charge is -2.33. The number of piperidine rings is 1. The van der Waals surface area contributed by atoms with Gasteiger partial charge in [0.25, 0.3) is 5.91 Å². The molecule has 8 heteroatoms. The van der Waals surface area contributed by atoms with E-state index in [-0.39, 0.29) is 12.5 Å². The largest absolute Gasteiger partial charge is 0.396 e. The van der Waals surface area contributed by atoms with Gasteiger partial charge in [0.2, 0.25) is 0 Å². The number of amides is 1. The van der Waals surface area contributed by atoms with Gasteiger partial charge in [0.05, 0.1) is 0 Å². The fourth-order valence-corrected chi connectivity index (χ4v) is 4.45. The van der Waals surface area contributed by atoms with Crippen LogP contribution in [0.1, 0.15) is 29.6 Å². The zero-order valence-corrected chi connectivity index (χ0v) is 17.8. The maximum absolute atomic E-state index is 12.9. The van der Waals surface area contributed by atoms with Gasteiger partial charge in [-0.15, -0.1) is 0 Å². The van der Waals surface area contributed by atoms with E-state index < -0.39 is 0 Å². The van der Waals surface area contributed by atoms with Crippen LogP contribution in [0.25, 0.3) is 0 Å². The van der Waals surface area contributed by atoms with E-state index in [1.807, 2.05) is 23.1 Å². The first-order valence-electron chi connectivity index (χ1n) is 10.6. The molecule has 2 fully saturated rings. The van der Waals surface area contributed by atoms with Crippen LogP contribution in [0.15, 0.2) is 36.7 Å². The van der Waals surface area contributed by atoms with Crippen LogP contribution in [0.2, 0.25) is 5.02 Å². The number of nitrogens with zero attached hydrogens (tertiary/aromatic N) is 5. The average molecular weight is 430 g/mol. The molecule has 0 saturated carbocycles. The Morgan fingerprint density at radius 3 is 2.63 bits per heavy atom. The molecule has 4 rings (SSSR count). The van der Waals surface area contributed by atoms with Crippen LogP contribution in [-0.2, 0) is 0 Å². The summed E-state index contributed by atoms with van der Waals surface area (Å²) in [5, 5.41) is 10.1. The zero-order valence-electron chi connectivity index (χ0n) is 17.1. The fourth-order valence-electron chi connectivity index (χ4n) is 4.26. The summed E-state index contributed by atoms with van der Waals surface area (Å²) in [7, 11) is 0. The van der Waals surface area contributed by atoms with Crippen LogP contribution < -0.4 is 9.80 Å². The van der Waals surface area contributed by atoms with E-state index in [0.717, 1.165) is 57.1 Å². The minimum Gasteiger partial charge on any atom is -0.396 e. The van der Waals surface area contributed by atoms with Gasteiger partial charge in [-0.25, -0.2) is 9.97 Å². The minimum absolute atomic E-state index is 0.0195. The molecule has 2 saturated heterocycles. The van der Waals surface area contributed by atoms with Crippen LogP contribution in [0.4, 0.5) is 11.6 Å². The van der Waals surface area contributed by atoms with Gasteiger partial charge in [0.1, 0.15) is 18.0 Å². The number of hydrogen-bond acceptors (Lipinski definition) is 6. The lowest BCUT2D eigenvalue weighted by molar-refractivity contribution is 0.0767. The molecule has 1 unspecified atom stereocenters. The van der Waals surface area contributed by atoms with Crippen molar-refractivity contribution in [2.75, 3.05) is 55.7 Å². The molecule has 1 aromatic carbocycles. The molecule has 1 atom stereocenters. The molecule has 30 heavy (non-hydrogen) atoms. The number of anilines is 2. The SMILES string of the molecule is O=C(c1cccc(Cl)c1)N1CCCN(c2cc(N3CCCC(CO)C3)ncn2)CC1. The number of aliphatic hydroxyl groups excluding tert-OH is 1. The second kappa shape index (κ2) is 9.62. The van der Waals surface area contributed by atoms with E-state index >= 15 is 0 Å². The molecule has 2 aromatic rings. The van der Waals surface area contributed by atoms with Crippen molar-refractivity contribution in [3.05, 3.63) is 47.2 Å². The third kappa shape index (κ3) is 4.84. The standard InChI is InChI=1S/C22H28ClN5O2/c23-19-6-1-5-18(12-19)22(30)27-9-3-8-26(10-11-27)20-13-21(25-16-24-20)28-7-2-4-17(14-28)15-29/h1,5-6,12-13,16-17,29H,2-4,7-11,14-15H2. The van der Waals surface area contributed by atoms with E-state index in [9.17, 15) is 9.90 Å². The molecule has 2 aliphatic heterocycles. The lowest BCUT2D eigenvalue weighted by atomic mass is 9.99. The number of benzene rings is 1. The van der Waals surface area contributed by atoms with Gasteiger partial charge in [-0.05, 0) is 43.4 Å². The average Bonchev–Trinajstić information content (AvgIpc) is 3.05. The van der Waals surface area contributed by atoms with Crippen molar-refractivity contribution in [1.29, 1.82) is 0 Å². The summed E-state index contributed by atoms with van der Waals surface area (Å²) in [5.74, 6) is 2.13. The number of aliphatic hydroxyl groups is 1. The highest BCUT2D eigenvalue weighted by molar-refractivity contribution is 6.30. The molecular weight excluding hydrogens is 402 g/mol. The highest BCUT2D eigenvalue weighted by atomic mass is 35.5. The van der Waals surface area contributed by atoms with Gasteiger partial charge in [0.15, 0.2) is 0 Å².